The van der Waals surface area contributed by atoms with Crippen molar-refractivity contribution in [2.24, 2.45) is 0 Å². The van der Waals surface area contributed by atoms with E-state index in [-0.39, 0.29) is 18.5 Å². The molecule has 0 radical (unpaired) electrons. The number of carbonyl (C=O) groups is 2. The predicted octanol–water partition coefficient (Wildman–Crippen LogP) is 0.817. The third-order valence-corrected chi connectivity index (χ3v) is 2.93. The first-order valence-electron chi connectivity index (χ1n) is 5.53. The SMILES string of the molecule is CNC(=O)N(C)c1ccc2c(c1)N(C)C(=O)CO2. The molecule has 0 fully saturated rings. The van der Waals surface area contributed by atoms with Gasteiger partial charge in [0.15, 0.2) is 6.61 Å². The van der Waals surface area contributed by atoms with Gasteiger partial charge in [0.1, 0.15) is 5.75 Å². The van der Waals surface area contributed by atoms with Crippen molar-refractivity contribution in [3.05, 3.63) is 18.2 Å². The Kier molecular flexibility index (Phi) is 3.10. The van der Waals surface area contributed by atoms with E-state index in [1.807, 2.05) is 0 Å². The molecule has 0 atom stereocenters. The lowest BCUT2D eigenvalue weighted by molar-refractivity contribution is -0.120. The molecule has 1 aromatic rings. The van der Waals surface area contributed by atoms with Crippen LogP contribution in [0.15, 0.2) is 18.2 Å². The van der Waals surface area contributed by atoms with Crippen molar-refractivity contribution in [2.45, 2.75) is 0 Å². The fraction of sp³-hybridized carbons (Fsp3) is 0.333. The summed E-state index contributed by atoms with van der Waals surface area (Å²) in [6.45, 7) is 0.0497. The average molecular weight is 249 g/mol. The van der Waals surface area contributed by atoms with Crippen LogP contribution in [0.2, 0.25) is 0 Å². The number of urea groups is 1. The smallest absolute Gasteiger partial charge is 0.321 e. The Labute approximate surface area is 105 Å². The Bertz CT molecular complexity index is 501. The van der Waals surface area contributed by atoms with Crippen molar-refractivity contribution >= 4 is 23.3 Å². The van der Waals surface area contributed by atoms with Crippen LogP contribution in [0.4, 0.5) is 16.2 Å². The van der Waals surface area contributed by atoms with Crippen LogP contribution in [0.3, 0.4) is 0 Å². The molecule has 1 N–H and O–H groups in total. The van der Waals surface area contributed by atoms with E-state index >= 15 is 0 Å². The molecule has 0 aliphatic carbocycles. The van der Waals surface area contributed by atoms with Gasteiger partial charge >= 0.3 is 6.03 Å². The first kappa shape index (κ1) is 12.2. The number of likely N-dealkylation sites (N-methyl/N-ethyl adjacent to an activating group) is 1. The number of rotatable bonds is 1. The summed E-state index contributed by atoms with van der Waals surface area (Å²) >= 11 is 0. The minimum atomic E-state index is -0.222. The molecule has 3 amide bonds. The lowest BCUT2D eigenvalue weighted by Crippen LogP contribution is -2.37. The molecular weight excluding hydrogens is 234 g/mol. The highest BCUT2D eigenvalue weighted by Crippen LogP contribution is 2.34. The molecular formula is C12H15N3O3. The quantitative estimate of drug-likeness (QED) is 0.801. The van der Waals surface area contributed by atoms with Crippen molar-refractivity contribution in [2.75, 3.05) is 37.5 Å². The molecule has 6 nitrogen and oxygen atoms in total. The molecule has 0 unspecified atom stereocenters. The number of anilines is 2. The van der Waals surface area contributed by atoms with E-state index in [1.165, 1.54) is 9.80 Å². The van der Waals surface area contributed by atoms with E-state index < -0.39 is 0 Å². The summed E-state index contributed by atoms with van der Waals surface area (Å²) in [5, 5.41) is 2.54. The fourth-order valence-corrected chi connectivity index (χ4v) is 1.75. The molecule has 18 heavy (non-hydrogen) atoms. The van der Waals surface area contributed by atoms with Crippen molar-refractivity contribution in [3.8, 4) is 5.75 Å². The van der Waals surface area contributed by atoms with Crippen LogP contribution in [-0.4, -0.2) is 39.7 Å². The molecule has 0 bridgehead atoms. The zero-order valence-electron chi connectivity index (χ0n) is 10.6. The van der Waals surface area contributed by atoms with Crippen LogP contribution >= 0.6 is 0 Å². The van der Waals surface area contributed by atoms with Crippen LogP contribution < -0.4 is 19.9 Å². The van der Waals surface area contributed by atoms with Crippen LogP contribution in [0, 0.1) is 0 Å². The normalized spacial score (nSPS) is 13.7. The van der Waals surface area contributed by atoms with Crippen LogP contribution in [-0.2, 0) is 4.79 Å². The molecule has 96 valence electrons. The van der Waals surface area contributed by atoms with Gasteiger partial charge in [-0.25, -0.2) is 4.79 Å². The first-order valence-corrected chi connectivity index (χ1v) is 5.53. The fourth-order valence-electron chi connectivity index (χ4n) is 1.75. The zero-order chi connectivity index (χ0) is 13.3. The Hall–Kier alpha value is -2.24. The number of ether oxygens (including phenoxy) is 1. The summed E-state index contributed by atoms with van der Waals surface area (Å²) in [6, 6.07) is 5.06. The van der Waals surface area contributed by atoms with Gasteiger partial charge in [0.25, 0.3) is 5.91 Å². The van der Waals surface area contributed by atoms with Gasteiger partial charge in [0.2, 0.25) is 0 Å². The van der Waals surface area contributed by atoms with E-state index in [9.17, 15) is 9.59 Å². The van der Waals surface area contributed by atoms with E-state index in [4.69, 9.17) is 4.74 Å². The number of fused-ring (bicyclic) bond motifs is 1. The highest BCUT2D eigenvalue weighted by molar-refractivity contribution is 5.99. The maximum absolute atomic E-state index is 11.5. The molecule has 1 aliphatic rings. The number of carbonyl (C=O) groups excluding carboxylic acids is 2. The molecule has 1 heterocycles. The number of hydrogen-bond acceptors (Lipinski definition) is 3. The predicted molar refractivity (Wildman–Crippen MR) is 68.2 cm³/mol. The van der Waals surface area contributed by atoms with Gasteiger partial charge in [-0.15, -0.1) is 0 Å². The number of benzene rings is 1. The largest absolute Gasteiger partial charge is 0.482 e. The lowest BCUT2D eigenvalue weighted by Gasteiger charge is -2.27. The Morgan fingerprint density at radius 2 is 2.22 bits per heavy atom. The monoisotopic (exact) mass is 249 g/mol. The summed E-state index contributed by atoms with van der Waals surface area (Å²) < 4.78 is 5.32. The van der Waals surface area contributed by atoms with E-state index in [2.05, 4.69) is 5.32 Å². The zero-order valence-corrected chi connectivity index (χ0v) is 10.6. The molecule has 1 aromatic carbocycles. The Morgan fingerprint density at radius 1 is 1.50 bits per heavy atom. The Balaban J connectivity index is 2.37. The molecule has 0 saturated heterocycles. The van der Waals surface area contributed by atoms with Gasteiger partial charge in [0.05, 0.1) is 5.69 Å². The summed E-state index contributed by atoms with van der Waals surface area (Å²) in [7, 11) is 4.91. The third-order valence-electron chi connectivity index (χ3n) is 2.93. The average Bonchev–Trinajstić information content (AvgIpc) is 2.41. The second kappa shape index (κ2) is 4.56. The van der Waals surface area contributed by atoms with Gasteiger partial charge in [-0.3, -0.25) is 9.69 Å². The number of nitrogens with one attached hydrogen (secondary N) is 1. The van der Waals surface area contributed by atoms with Crippen molar-refractivity contribution in [1.29, 1.82) is 0 Å². The van der Waals surface area contributed by atoms with E-state index in [0.29, 0.717) is 17.1 Å². The third kappa shape index (κ3) is 1.97. The summed E-state index contributed by atoms with van der Waals surface area (Å²) in [5.41, 5.74) is 1.36. The first-order chi connectivity index (χ1) is 8.54. The molecule has 1 aliphatic heterocycles. The Morgan fingerprint density at radius 3 is 2.89 bits per heavy atom. The van der Waals surface area contributed by atoms with Crippen molar-refractivity contribution in [3.63, 3.8) is 0 Å². The highest BCUT2D eigenvalue weighted by atomic mass is 16.5. The number of nitrogens with zero attached hydrogens (tertiary/aromatic N) is 2. The maximum atomic E-state index is 11.5. The summed E-state index contributed by atoms with van der Waals surface area (Å²) in [6.07, 6.45) is 0. The van der Waals surface area contributed by atoms with Gasteiger partial charge in [-0.1, -0.05) is 0 Å². The van der Waals surface area contributed by atoms with Gasteiger partial charge in [0, 0.05) is 26.8 Å². The lowest BCUT2D eigenvalue weighted by atomic mass is 10.2. The van der Waals surface area contributed by atoms with Gasteiger partial charge < -0.3 is 15.0 Å². The summed E-state index contributed by atoms with van der Waals surface area (Å²) in [5.74, 6) is 0.536. The molecule has 0 saturated carbocycles. The second-order valence-electron chi connectivity index (χ2n) is 4.01. The van der Waals surface area contributed by atoms with E-state index in [0.717, 1.165) is 0 Å². The van der Waals surface area contributed by atoms with Gasteiger partial charge in [-0.2, -0.15) is 0 Å². The number of hydrogen-bond donors (Lipinski definition) is 1. The number of amides is 3. The van der Waals surface area contributed by atoms with Crippen molar-refractivity contribution < 1.29 is 14.3 Å². The van der Waals surface area contributed by atoms with Crippen LogP contribution in [0.1, 0.15) is 0 Å². The highest BCUT2D eigenvalue weighted by Gasteiger charge is 2.23. The van der Waals surface area contributed by atoms with Gasteiger partial charge in [-0.05, 0) is 18.2 Å². The molecule has 0 spiro atoms. The second-order valence-corrected chi connectivity index (χ2v) is 4.01. The standard InChI is InChI=1S/C12H15N3O3/c1-13-12(17)14(2)8-4-5-10-9(6-8)15(3)11(16)7-18-10/h4-6H,7H2,1-3H3,(H,13,17). The van der Waals surface area contributed by atoms with Crippen LogP contribution in [0.5, 0.6) is 5.75 Å². The molecule has 2 rings (SSSR count). The van der Waals surface area contributed by atoms with Crippen LogP contribution in [0.25, 0.3) is 0 Å². The minimum Gasteiger partial charge on any atom is -0.482 e. The minimum absolute atomic E-state index is 0.0497. The van der Waals surface area contributed by atoms with Crippen molar-refractivity contribution in [1.82, 2.24) is 5.32 Å². The molecule has 0 aromatic heterocycles. The molecule has 6 heteroatoms. The topological polar surface area (TPSA) is 61.9 Å². The van der Waals surface area contributed by atoms with E-state index in [1.54, 1.807) is 39.3 Å². The maximum Gasteiger partial charge on any atom is 0.321 e. The summed E-state index contributed by atoms with van der Waals surface area (Å²) in [4.78, 5) is 26.1.